The fourth-order valence-corrected chi connectivity index (χ4v) is 3.16. The van der Waals surface area contributed by atoms with Crippen LogP contribution in [-0.4, -0.2) is 6.67 Å². The van der Waals surface area contributed by atoms with Crippen molar-refractivity contribution in [2.45, 2.75) is 25.7 Å². The molecule has 0 saturated carbocycles. The molecule has 6 heteroatoms. The first kappa shape index (κ1) is 21.0. The molecule has 0 aromatic heterocycles. The number of hydrogen-bond donors (Lipinski definition) is 0. The zero-order valence-corrected chi connectivity index (χ0v) is 15.4. The maximum atomic E-state index is 14.6. The van der Waals surface area contributed by atoms with Gasteiger partial charge in [-0.2, -0.15) is 0 Å². The summed E-state index contributed by atoms with van der Waals surface area (Å²) in [7, 11) is 0. The summed E-state index contributed by atoms with van der Waals surface area (Å²) in [5.74, 6) is -6.26. The van der Waals surface area contributed by atoms with E-state index in [1.54, 1.807) is 24.3 Å². The maximum absolute atomic E-state index is 14.6. The van der Waals surface area contributed by atoms with Crippen LogP contribution >= 0.6 is 0 Å². The van der Waals surface area contributed by atoms with Crippen molar-refractivity contribution in [3.63, 3.8) is 0 Å². The Morgan fingerprint density at radius 3 is 1.86 bits per heavy atom. The second-order valence-corrected chi connectivity index (χ2v) is 6.76. The SMILES string of the molecule is FCCCc1ccc(-c2ccc(CCc3cc(F)c(F)c(F)c3)c(F)c2F)cc1. The lowest BCUT2D eigenvalue weighted by molar-refractivity contribution is 0.445. The minimum absolute atomic E-state index is 0.00425. The van der Waals surface area contributed by atoms with E-state index in [2.05, 4.69) is 0 Å². The van der Waals surface area contributed by atoms with Gasteiger partial charge in [0.25, 0.3) is 0 Å². The highest BCUT2D eigenvalue weighted by molar-refractivity contribution is 5.65. The molecule has 0 atom stereocenters. The Hall–Kier alpha value is -2.76. The molecule has 0 heterocycles. The highest BCUT2D eigenvalue weighted by atomic mass is 19.2. The van der Waals surface area contributed by atoms with Crippen LogP contribution in [0.4, 0.5) is 26.3 Å². The molecule has 3 rings (SSSR count). The van der Waals surface area contributed by atoms with Gasteiger partial charge in [-0.05, 0) is 60.1 Å². The number of hydrogen-bond acceptors (Lipinski definition) is 0. The van der Waals surface area contributed by atoms with Crippen LogP contribution in [0.15, 0.2) is 48.5 Å². The van der Waals surface area contributed by atoms with E-state index in [0.29, 0.717) is 18.4 Å². The molecule has 0 N–H and O–H groups in total. The number of alkyl halides is 1. The van der Waals surface area contributed by atoms with Crippen LogP contribution in [0, 0.1) is 29.1 Å². The van der Waals surface area contributed by atoms with E-state index >= 15 is 0 Å². The fraction of sp³-hybridized carbons (Fsp3) is 0.217. The average Bonchev–Trinajstić information content (AvgIpc) is 2.72. The third-order valence-electron chi connectivity index (χ3n) is 4.75. The Morgan fingerprint density at radius 1 is 0.586 bits per heavy atom. The zero-order chi connectivity index (χ0) is 21.0. The van der Waals surface area contributed by atoms with Gasteiger partial charge in [0.1, 0.15) is 0 Å². The van der Waals surface area contributed by atoms with Crippen molar-refractivity contribution in [3.8, 4) is 11.1 Å². The summed E-state index contributed by atoms with van der Waals surface area (Å²) < 4.78 is 80.9. The maximum Gasteiger partial charge on any atom is 0.194 e. The Balaban J connectivity index is 1.77. The summed E-state index contributed by atoms with van der Waals surface area (Å²) >= 11 is 0. The van der Waals surface area contributed by atoms with E-state index in [-0.39, 0.29) is 29.5 Å². The van der Waals surface area contributed by atoms with E-state index in [1.807, 2.05) is 0 Å². The van der Waals surface area contributed by atoms with Gasteiger partial charge in [0.15, 0.2) is 29.1 Å². The first-order valence-electron chi connectivity index (χ1n) is 9.16. The summed E-state index contributed by atoms with van der Waals surface area (Å²) in [6.45, 7) is -0.416. The van der Waals surface area contributed by atoms with Gasteiger partial charge in [-0.25, -0.2) is 22.0 Å². The lowest BCUT2D eigenvalue weighted by Gasteiger charge is -2.10. The molecule has 152 valence electrons. The topological polar surface area (TPSA) is 0 Å². The first-order chi connectivity index (χ1) is 13.9. The lowest BCUT2D eigenvalue weighted by Crippen LogP contribution is -2.01. The first-order valence-corrected chi connectivity index (χ1v) is 9.16. The van der Waals surface area contributed by atoms with Crippen LogP contribution in [-0.2, 0) is 19.3 Å². The smallest absolute Gasteiger partial charge is 0.194 e. The number of aryl methyl sites for hydroxylation is 3. The van der Waals surface area contributed by atoms with E-state index < -0.39 is 35.8 Å². The van der Waals surface area contributed by atoms with Crippen molar-refractivity contribution in [2.75, 3.05) is 6.67 Å². The second-order valence-electron chi connectivity index (χ2n) is 6.76. The molecule has 0 radical (unpaired) electrons. The van der Waals surface area contributed by atoms with Gasteiger partial charge in [0, 0.05) is 5.56 Å². The predicted molar refractivity (Wildman–Crippen MR) is 99.8 cm³/mol. The monoisotopic (exact) mass is 408 g/mol. The number of rotatable bonds is 7. The van der Waals surface area contributed by atoms with Gasteiger partial charge in [-0.3, -0.25) is 4.39 Å². The van der Waals surface area contributed by atoms with E-state index in [1.165, 1.54) is 12.1 Å². The summed E-state index contributed by atoms with van der Waals surface area (Å²) in [6, 6.07) is 11.3. The Morgan fingerprint density at radius 2 is 1.24 bits per heavy atom. The van der Waals surface area contributed by atoms with Gasteiger partial charge in [-0.15, -0.1) is 0 Å². The van der Waals surface area contributed by atoms with Crippen LogP contribution in [0.25, 0.3) is 11.1 Å². The van der Waals surface area contributed by atoms with Crippen molar-refractivity contribution in [1.29, 1.82) is 0 Å². The molecule has 0 bridgehead atoms. The normalized spacial score (nSPS) is 11.1. The van der Waals surface area contributed by atoms with Gasteiger partial charge in [0.2, 0.25) is 0 Å². The molecule has 0 nitrogen and oxygen atoms in total. The van der Waals surface area contributed by atoms with Gasteiger partial charge >= 0.3 is 0 Å². The Kier molecular flexibility index (Phi) is 6.62. The summed E-state index contributed by atoms with van der Waals surface area (Å²) in [5, 5.41) is 0. The molecule has 0 unspecified atom stereocenters. The third-order valence-corrected chi connectivity index (χ3v) is 4.75. The van der Waals surface area contributed by atoms with Crippen LogP contribution in [0.2, 0.25) is 0 Å². The highest BCUT2D eigenvalue weighted by Gasteiger charge is 2.16. The average molecular weight is 408 g/mol. The number of halogens is 6. The highest BCUT2D eigenvalue weighted by Crippen LogP contribution is 2.28. The number of benzene rings is 3. The largest absolute Gasteiger partial charge is 0.251 e. The second kappa shape index (κ2) is 9.16. The molecule has 3 aromatic rings. The summed E-state index contributed by atoms with van der Waals surface area (Å²) in [6.07, 6.45) is 0.985. The fourth-order valence-electron chi connectivity index (χ4n) is 3.16. The lowest BCUT2D eigenvalue weighted by atomic mass is 9.97. The van der Waals surface area contributed by atoms with Crippen molar-refractivity contribution in [2.24, 2.45) is 0 Å². The molecule has 0 spiro atoms. The van der Waals surface area contributed by atoms with Crippen LogP contribution < -0.4 is 0 Å². The molecule has 3 aromatic carbocycles. The Labute approximate surface area is 164 Å². The minimum Gasteiger partial charge on any atom is -0.251 e. The van der Waals surface area contributed by atoms with Crippen LogP contribution in [0.5, 0.6) is 0 Å². The van der Waals surface area contributed by atoms with E-state index in [0.717, 1.165) is 17.7 Å². The van der Waals surface area contributed by atoms with Gasteiger partial charge < -0.3 is 0 Å². The summed E-state index contributed by atoms with van der Waals surface area (Å²) in [4.78, 5) is 0. The van der Waals surface area contributed by atoms with Crippen molar-refractivity contribution in [1.82, 2.24) is 0 Å². The molecule has 0 saturated heterocycles. The molecule has 0 aliphatic carbocycles. The van der Waals surface area contributed by atoms with Crippen molar-refractivity contribution >= 4 is 0 Å². The van der Waals surface area contributed by atoms with Crippen molar-refractivity contribution < 1.29 is 26.3 Å². The van der Waals surface area contributed by atoms with E-state index in [4.69, 9.17) is 0 Å². The summed E-state index contributed by atoms with van der Waals surface area (Å²) in [5.41, 5.74) is 1.68. The van der Waals surface area contributed by atoms with Crippen LogP contribution in [0.3, 0.4) is 0 Å². The van der Waals surface area contributed by atoms with Gasteiger partial charge in [0.05, 0.1) is 6.67 Å². The standard InChI is InChI=1S/C23H18F6/c24-11-1-2-14-3-6-16(7-4-14)18-10-9-17(21(27)22(18)28)8-5-15-12-19(25)23(29)20(26)13-15/h3-4,6-7,9-10,12-13H,1-2,5,8,11H2. The van der Waals surface area contributed by atoms with E-state index in [9.17, 15) is 26.3 Å². The molecule has 29 heavy (non-hydrogen) atoms. The van der Waals surface area contributed by atoms with Crippen molar-refractivity contribution in [3.05, 3.63) is 94.3 Å². The molecular weight excluding hydrogens is 390 g/mol. The predicted octanol–water partition coefficient (Wildman–Crippen LogP) is 6.74. The molecule has 0 aliphatic heterocycles. The molecule has 0 fully saturated rings. The zero-order valence-electron chi connectivity index (χ0n) is 15.4. The minimum atomic E-state index is -1.56. The van der Waals surface area contributed by atoms with Gasteiger partial charge in [-0.1, -0.05) is 36.4 Å². The molecule has 0 amide bonds. The quantitative estimate of drug-likeness (QED) is 0.300. The Bertz CT molecular complexity index is 972. The third kappa shape index (κ3) is 4.81. The molecule has 0 aliphatic rings. The molecular formula is C23H18F6. The van der Waals surface area contributed by atoms with Crippen LogP contribution in [0.1, 0.15) is 23.1 Å².